The summed E-state index contributed by atoms with van der Waals surface area (Å²) < 4.78 is 1.78. The van der Waals surface area contributed by atoms with Gasteiger partial charge in [-0.25, -0.2) is 4.98 Å². The maximum Gasteiger partial charge on any atom is 0.169 e. The molecule has 0 bridgehead atoms. The molecule has 1 rings (SSSR count). The lowest BCUT2D eigenvalue weighted by Gasteiger charge is -2.01. The van der Waals surface area contributed by atoms with Crippen LogP contribution in [0, 0.1) is 0 Å². The lowest BCUT2D eigenvalue weighted by atomic mass is 10.3. The van der Waals surface area contributed by atoms with Crippen LogP contribution in [0.15, 0.2) is 6.33 Å². The molecule has 0 amide bonds. The number of hydrogen-bond acceptors (Lipinski definition) is 2. The molecule has 0 radical (unpaired) electrons. The second kappa shape index (κ2) is 4.26. The average Bonchev–Trinajstić information content (AvgIpc) is 2.43. The molecule has 0 saturated carbocycles. The number of carbonyl (C=O) groups excluding carboxylic acids is 1. The fraction of sp³-hybridized carbons (Fsp3) is 0.500. The van der Waals surface area contributed by atoms with Crippen LogP contribution in [0.2, 0.25) is 5.15 Å². The van der Waals surface area contributed by atoms with Crippen molar-refractivity contribution in [3.8, 4) is 0 Å². The Morgan fingerprint density at radius 2 is 2.50 bits per heavy atom. The normalized spacial score (nSPS) is 10.2. The molecular formula is C8H11ClN2O. The van der Waals surface area contributed by atoms with Gasteiger partial charge in [0.25, 0.3) is 0 Å². The number of rotatable bonds is 4. The second-order valence-electron chi connectivity index (χ2n) is 2.59. The summed E-state index contributed by atoms with van der Waals surface area (Å²) in [6.07, 6.45) is 4.47. The zero-order valence-corrected chi connectivity index (χ0v) is 7.71. The molecule has 0 atom stereocenters. The Morgan fingerprint density at radius 3 is 3.08 bits per heavy atom. The van der Waals surface area contributed by atoms with E-state index in [2.05, 4.69) is 11.9 Å². The van der Waals surface area contributed by atoms with Gasteiger partial charge >= 0.3 is 0 Å². The molecule has 0 aliphatic heterocycles. The molecule has 1 aromatic rings. The van der Waals surface area contributed by atoms with E-state index in [1.165, 1.54) is 0 Å². The van der Waals surface area contributed by atoms with Gasteiger partial charge in [-0.1, -0.05) is 24.9 Å². The molecule has 1 aromatic heterocycles. The molecular weight excluding hydrogens is 176 g/mol. The molecule has 1 heterocycles. The quantitative estimate of drug-likeness (QED) is 0.676. The van der Waals surface area contributed by atoms with Crippen molar-refractivity contribution in [1.29, 1.82) is 0 Å². The van der Waals surface area contributed by atoms with Crippen LogP contribution in [0.4, 0.5) is 0 Å². The first-order chi connectivity index (χ1) is 5.79. The zero-order valence-electron chi connectivity index (χ0n) is 6.96. The van der Waals surface area contributed by atoms with Crippen LogP contribution < -0.4 is 0 Å². The van der Waals surface area contributed by atoms with Crippen LogP contribution in [0.3, 0.4) is 0 Å². The SMILES string of the molecule is CCCCn1cnc(Cl)c1C=O. The van der Waals surface area contributed by atoms with Gasteiger partial charge in [0.2, 0.25) is 0 Å². The molecule has 12 heavy (non-hydrogen) atoms. The third-order valence-electron chi connectivity index (χ3n) is 1.70. The highest BCUT2D eigenvalue weighted by Gasteiger charge is 2.06. The summed E-state index contributed by atoms with van der Waals surface area (Å²) >= 11 is 5.66. The minimum Gasteiger partial charge on any atom is -0.327 e. The standard InChI is InChI=1S/C8H11ClN2O/c1-2-3-4-11-6-10-8(9)7(11)5-12/h5-6H,2-4H2,1H3. The van der Waals surface area contributed by atoms with Crippen molar-refractivity contribution in [2.45, 2.75) is 26.3 Å². The zero-order chi connectivity index (χ0) is 8.97. The highest BCUT2D eigenvalue weighted by molar-refractivity contribution is 6.31. The van der Waals surface area contributed by atoms with E-state index in [4.69, 9.17) is 11.6 Å². The number of halogens is 1. The molecule has 0 fully saturated rings. The summed E-state index contributed by atoms with van der Waals surface area (Å²) in [6, 6.07) is 0. The lowest BCUT2D eigenvalue weighted by Crippen LogP contribution is -2.00. The highest BCUT2D eigenvalue weighted by atomic mass is 35.5. The smallest absolute Gasteiger partial charge is 0.169 e. The number of imidazole rings is 1. The molecule has 0 spiro atoms. The summed E-state index contributed by atoms with van der Waals surface area (Å²) in [5, 5.41) is 0.293. The molecule has 0 aliphatic carbocycles. The maximum atomic E-state index is 10.5. The van der Waals surface area contributed by atoms with Crippen LogP contribution in [0.1, 0.15) is 30.3 Å². The number of aryl methyl sites for hydroxylation is 1. The molecule has 0 N–H and O–H groups in total. The summed E-state index contributed by atoms with van der Waals surface area (Å²) in [5.41, 5.74) is 0.477. The van der Waals surface area contributed by atoms with Gasteiger partial charge in [-0.3, -0.25) is 4.79 Å². The van der Waals surface area contributed by atoms with Crippen LogP contribution in [-0.4, -0.2) is 15.8 Å². The van der Waals surface area contributed by atoms with Crippen molar-refractivity contribution >= 4 is 17.9 Å². The van der Waals surface area contributed by atoms with Crippen molar-refractivity contribution in [2.24, 2.45) is 0 Å². The van der Waals surface area contributed by atoms with Crippen LogP contribution in [0.5, 0.6) is 0 Å². The van der Waals surface area contributed by atoms with Crippen molar-refractivity contribution in [3.63, 3.8) is 0 Å². The predicted molar refractivity (Wildman–Crippen MR) is 47.5 cm³/mol. The Morgan fingerprint density at radius 1 is 1.75 bits per heavy atom. The van der Waals surface area contributed by atoms with E-state index in [0.29, 0.717) is 10.8 Å². The Bertz CT molecular complexity index is 270. The summed E-state index contributed by atoms with van der Waals surface area (Å²) in [7, 11) is 0. The van der Waals surface area contributed by atoms with Gasteiger partial charge in [0.1, 0.15) is 5.69 Å². The number of nitrogens with zero attached hydrogens (tertiary/aromatic N) is 2. The van der Waals surface area contributed by atoms with E-state index in [9.17, 15) is 4.79 Å². The van der Waals surface area contributed by atoms with Crippen molar-refractivity contribution < 1.29 is 4.79 Å². The minimum atomic E-state index is 0.293. The van der Waals surface area contributed by atoms with Gasteiger partial charge in [-0.15, -0.1) is 0 Å². The Hall–Kier alpha value is -0.830. The van der Waals surface area contributed by atoms with Gasteiger partial charge in [0.15, 0.2) is 11.4 Å². The molecule has 66 valence electrons. The van der Waals surface area contributed by atoms with Gasteiger partial charge in [-0.2, -0.15) is 0 Å². The van der Waals surface area contributed by atoms with Gasteiger partial charge in [-0.05, 0) is 6.42 Å². The number of hydrogen-bond donors (Lipinski definition) is 0. The average molecular weight is 187 g/mol. The maximum absolute atomic E-state index is 10.5. The molecule has 0 unspecified atom stereocenters. The van der Waals surface area contributed by atoms with E-state index >= 15 is 0 Å². The first kappa shape index (κ1) is 9.26. The summed E-state index contributed by atoms with van der Waals surface area (Å²) in [6.45, 7) is 2.91. The van der Waals surface area contributed by atoms with E-state index in [1.807, 2.05) is 0 Å². The summed E-state index contributed by atoms with van der Waals surface area (Å²) in [4.78, 5) is 14.4. The van der Waals surface area contributed by atoms with Gasteiger partial charge < -0.3 is 4.57 Å². The van der Waals surface area contributed by atoms with Crippen molar-refractivity contribution in [3.05, 3.63) is 17.2 Å². The number of aromatic nitrogens is 2. The molecule has 0 aliphatic rings. The van der Waals surface area contributed by atoms with Crippen molar-refractivity contribution in [2.75, 3.05) is 0 Å². The largest absolute Gasteiger partial charge is 0.327 e. The third kappa shape index (κ3) is 1.85. The number of unbranched alkanes of at least 4 members (excludes halogenated alkanes) is 1. The van der Waals surface area contributed by atoms with E-state index < -0.39 is 0 Å². The topological polar surface area (TPSA) is 34.9 Å². The summed E-state index contributed by atoms with van der Waals surface area (Å²) in [5.74, 6) is 0. The van der Waals surface area contributed by atoms with Gasteiger partial charge in [0, 0.05) is 6.54 Å². The third-order valence-corrected chi connectivity index (χ3v) is 1.99. The molecule has 0 aromatic carbocycles. The van der Waals surface area contributed by atoms with Crippen LogP contribution in [0.25, 0.3) is 0 Å². The Balaban J connectivity index is 2.77. The fourth-order valence-electron chi connectivity index (χ4n) is 0.990. The Kier molecular flexibility index (Phi) is 3.29. The predicted octanol–water partition coefficient (Wildman–Crippen LogP) is 2.15. The monoisotopic (exact) mass is 186 g/mol. The van der Waals surface area contributed by atoms with Crippen molar-refractivity contribution in [1.82, 2.24) is 9.55 Å². The Labute approximate surface area is 76.4 Å². The van der Waals surface area contributed by atoms with Crippen LogP contribution >= 0.6 is 11.6 Å². The van der Waals surface area contributed by atoms with Gasteiger partial charge in [0.05, 0.1) is 6.33 Å². The minimum absolute atomic E-state index is 0.293. The highest BCUT2D eigenvalue weighted by Crippen LogP contribution is 2.11. The second-order valence-corrected chi connectivity index (χ2v) is 2.94. The van der Waals surface area contributed by atoms with E-state index in [-0.39, 0.29) is 0 Å². The first-order valence-corrected chi connectivity index (χ1v) is 4.33. The molecule has 0 saturated heterocycles. The van der Waals surface area contributed by atoms with E-state index in [0.717, 1.165) is 25.7 Å². The molecule has 4 heteroatoms. The van der Waals surface area contributed by atoms with E-state index in [1.54, 1.807) is 10.9 Å². The molecule has 3 nitrogen and oxygen atoms in total. The fourth-order valence-corrected chi connectivity index (χ4v) is 1.19. The number of aldehydes is 1. The lowest BCUT2D eigenvalue weighted by molar-refractivity contribution is 0.111. The first-order valence-electron chi connectivity index (χ1n) is 3.95. The number of carbonyl (C=O) groups is 1. The van der Waals surface area contributed by atoms with Crippen LogP contribution in [-0.2, 0) is 6.54 Å².